The van der Waals surface area contributed by atoms with Crippen LogP contribution in [0.25, 0.3) is 0 Å². The van der Waals surface area contributed by atoms with E-state index in [0.29, 0.717) is 13.0 Å². The summed E-state index contributed by atoms with van der Waals surface area (Å²) in [7, 11) is 0. The van der Waals surface area contributed by atoms with Gasteiger partial charge in [-0.3, -0.25) is 4.79 Å². The number of hydrogen-bond acceptors (Lipinski definition) is 2. The van der Waals surface area contributed by atoms with Crippen molar-refractivity contribution in [1.29, 1.82) is 0 Å². The monoisotopic (exact) mass is 314 g/mol. The average Bonchev–Trinajstić information content (AvgIpc) is 2.33. The fourth-order valence-corrected chi connectivity index (χ4v) is 1.58. The maximum absolute atomic E-state index is 12.4. The van der Waals surface area contributed by atoms with E-state index in [1.54, 1.807) is 0 Å². The number of carbonyl (C=O) groups is 1. The van der Waals surface area contributed by atoms with Crippen molar-refractivity contribution >= 4 is 5.78 Å². The molecule has 0 aliphatic carbocycles. The zero-order valence-electron chi connectivity index (χ0n) is 10.9. The van der Waals surface area contributed by atoms with Gasteiger partial charge in [0.1, 0.15) is 5.75 Å². The molecule has 0 fully saturated rings. The third-order valence-corrected chi connectivity index (χ3v) is 2.53. The molecule has 0 N–H and O–H groups in total. The van der Waals surface area contributed by atoms with Gasteiger partial charge >= 0.3 is 12.4 Å². The van der Waals surface area contributed by atoms with Crippen LogP contribution in [0.3, 0.4) is 0 Å². The van der Waals surface area contributed by atoms with E-state index in [0.717, 1.165) is 24.3 Å². The van der Waals surface area contributed by atoms with Crippen molar-refractivity contribution in [3.05, 3.63) is 29.8 Å². The first-order chi connectivity index (χ1) is 9.57. The van der Waals surface area contributed by atoms with Crippen LogP contribution in [-0.4, -0.2) is 24.7 Å². The number of ether oxygens (including phenoxy) is 1. The molecule has 0 saturated carbocycles. The quantitative estimate of drug-likeness (QED) is 0.595. The fourth-order valence-electron chi connectivity index (χ4n) is 1.58. The highest BCUT2D eigenvalue weighted by Gasteiger charge is 2.60. The van der Waals surface area contributed by atoms with Gasteiger partial charge in [0, 0.05) is 5.56 Å². The zero-order valence-corrected chi connectivity index (χ0v) is 10.9. The summed E-state index contributed by atoms with van der Waals surface area (Å²) < 4.78 is 79.7. The first-order valence-corrected chi connectivity index (χ1v) is 5.98. The van der Waals surface area contributed by atoms with Gasteiger partial charge in [-0.25, -0.2) is 0 Å². The second-order valence-corrected chi connectivity index (χ2v) is 4.25. The van der Waals surface area contributed by atoms with Crippen molar-refractivity contribution in [3.8, 4) is 5.75 Å². The molecule has 0 amide bonds. The Balaban J connectivity index is 3.00. The minimum absolute atomic E-state index is 0.268. The molecule has 0 aliphatic heterocycles. The van der Waals surface area contributed by atoms with Crippen LogP contribution in [0.15, 0.2) is 24.3 Å². The second kappa shape index (κ2) is 6.36. The number of rotatable bonds is 5. The number of benzene rings is 1. The molecule has 0 heterocycles. The third-order valence-electron chi connectivity index (χ3n) is 2.53. The molecule has 0 spiro atoms. The van der Waals surface area contributed by atoms with Gasteiger partial charge in [-0.15, -0.1) is 0 Å². The van der Waals surface area contributed by atoms with Crippen LogP contribution >= 0.6 is 0 Å². The van der Waals surface area contributed by atoms with Crippen LogP contribution in [0, 0.1) is 5.92 Å². The molecular weight excluding hydrogens is 302 g/mol. The predicted molar refractivity (Wildman–Crippen MR) is 62.2 cm³/mol. The van der Waals surface area contributed by atoms with E-state index in [-0.39, 0.29) is 5.75 Å². The third kappa shape index (κ3) is 4.64. The summed E-state index contributed by atoms with van der Waals surface area (Å²) in [6.07, 6.45) is -10.7. The normalized spacial score (nSPS) is 12.6. The summed E-state index contributed by atoms with van der Waals surface area (Å²) in [6, 6.07) is 4.09. The van der Waals surface area contributed by atoms with Gasteiger partial charge in [-0.1, -0.05) is 6.92 Å². The molecule has 2 nitrogen and oxygen atoms in total. The Labute approximate surface area is 116 Å². The summed E-state index contributed by atoms with van der Waals surface area (Å²) in [6.45, 7) is 2.18. The molecule has 0 atom stereocenters. The lowest BCUT2D eigenvalue weighted by Crippen LogP contribution is -2.42. The van der Waals surface area contributed by atoms with Crippen LogP contribution in [0.1, 0.15) is 23.7 Å². The Morgan fingerprint density at radius 3 is 1.90 bits per heavy atom. The van der Waals surface area contributed by atoms with Gasteiger partial charge in [0.05, 0.1) is 6.61 Å². The zero-order chi connectivity index (χ0) is 16.3. The smallest absolute Gasteiger partial charge is 0.407 e. The number of hydrogen-bond donors (Lipinski definition) is 0. The summed E-state index contributed by atoms with van der Waals surface area (Å²) in [4.78, 5) is 11.5. The van der Waals surface area contributed by atoms with Gasteiger partial charge < -0.3 is 4.74 Å². The largest absolute Gasteiger partial charge is 0.494 e. The maximum atomic E-state index is 12.4. The Hall–Kier alpha value is -1.73. The Morgan fingerprint density at radius 2 is 1.52 bits per heavy atom. The lowest BCUT2D eigenvalue weighted by Gasteiger charge is -2.21. The molecule has 0 aromatic heterocycles. The van der Waals surface area contributed by atoms with Crippen LogP contribution < -0.4 is 4.74 Å². The molecule has 0 unspecified atom stereocenters. The van der Waals surface area contributed by atoms with Gasteiger partial charge in [0.15, 0.2) is 5.78 Å². The topological polar surface area (TPSA) is 26.3 Å². The fraction of sp³-hybridized carbons (Fsp3) is 0.462. The van der Waals surface area contributed by atoms with E-state index in [4.69, 9.17) is 4.74 Å². The van der Waals surface area contributed by atoms with Crippen molar-refractivity contribution in [3.63, 3.8) is 0 Å². The molecule has 1 rings (SSSR count). The highest BCUT2D eigenvalue weighted by atomic mass is 19.4. The van der Waals surface area contributed by atoms with E-state index in [1.807, 2.05) is 6.92 Å². The van der Waals surface area contributed by atoms with E-state index in [9.17, 15) is 31.1 Å². The summed E-state index contributed by atoms with van der Waals surface area (Å²) in [5, 5.41) is 0. The number of Topliss-reactive ketones (excluding diaryl/α,β-unsaturated/α-hetero) is 1. The number of halogens is 6. The molecule has 0 bridgehead atoms. The minimum atomic E-state index is -5.69. The van der Waals surface area contributed by atoms with Crippen molar-refractivity contribution in [2.45, 2.75) is 25.7 Å². The number of carbonyl (C=O) groups excluding carboxylic acids is 1. The Morgan fingerprint density at radius 1 is 1.05 bits per heavy atom. The summed E-state index contributed by atoms with van der Waals surface area (Å²) in [5.74, 6) is -5.78. The van der Waals surface area contributed by atoms with Crippen LogP contribution in [0.5, 0.6) is 5.75 Å². The SMILES string of the molecule is CCCOc1ccc(C(=O)C(C(F)(F)F)C(F)(F)F)cc1. The van der Waals surface area contributed by atoms with Gasteiger partial charge in [0.25, 0.3) is 0 Å². The average molecular weight is 314 g/mol. The summed E-state index contributed by atoms with van der Waals surface area (Å²) in [5.41, 5.74) is -0.668. The highest BCUT2D eigenvalue weighted by Crippen LogP contribution is 2.41. The Kier molecular flexibility index (Phi) is 5.25. The molecule has 0 radical (unpaired) electrons. The van der Waals surface area contributed by atoms with Crippen LogP contribution in [0.4, 0.5) is 26.3 Å². The van der Waals surface area contributed by atoms with Gasteiger partial charge in [-0.2, -0.15) is 26.3 Å². The van der Waals surface area contributed by atoms with E-state index >= 15 is 0 Å². The maximum Gasteiger partial charge on any atom is 0.407 e. The van der Waals surface area contributed by atoms with Crippen molar-refractivity contribution in [2.75, 3.05) is 6.61 Å². The van der Waals surface area contributed by atoms with Gasteiger partial charge in [0.2, 0.25) is 5.92 Å². The summed E-state index contributed by atoms with van der Waals surface area (Å²) >= 11 is 0. The van der Waals surface area contributed by atoms with E-state index in [2.05, 4.69) is 0 Å². The predicted octanol–water partition coefficient (Wildman–Crippen LogP) is 4.40. The van der Waals surface area contributed by atoms with Gasteiger partial charge in [-0.05, 0) is 30.7 Å². The molecule has 118 valence electrons. The standard InChI is InChI=1S/C13H12F6O2/c1-2-7-21-9-5-3-8(4-6-9)10(20)11(12(14,15)16)13(17,18)19/h3-6,11H,2,7H2,1H3. The molecule has 1 aromatic carbocycles. The van der Waals surface area contributed by atoms with Crippen LogP contribution in [-0.2, 0) is 0 Å². The molecular formula is C13H12F6O2. The van der Waals surface area contributed by atoms with Crippen molar-refractivity contribution in [1.82, 2.24) is 0 Å². The molecule has 1 aromatic rings. The first kappa shape index (κ1) is 17.3. The first-order valence-electron chi connectivity index (χ1n) is 5.98. The lowest BCUT2D eigenvalue weighted by molar-refractivity contribution is -0.264. The number of ketones is 1. The molecule has 8 heteroatoms. The van der Waals surface area contributed by atoms with Crippen LogP contribution in [0.2, 0.25) is 0 Å². The van der Waals surface area contributed by atoms with E-state index < -0.39 is 29.6 Å². The second-order valence-electron chi connectivity index (χ2n) is 4.25. The Bertz CT molecular complexity index is 461. The number of alkyl halides is 6. The highest BCUT2D eigenvalue weighted by molar-refractivity contribution is 5.98. The lowest BCUT2D eigenvalue weighted by atomic mass is 9.96. The molecule has 0 aliphatic rings. The van der Waals surface area contributed by atoms with Crippen molar-refractivity contribution < 1.29 is 35.9 Å². The van der Waals surface area contributed by atoms with E-state index in [1.165, 1.54) is 0 Å². The molecule has 0 saturated heterocycles. The minimum Gasteiger partial charge on any atom is -0.494 e. The van der Waals surface area contributed by atoms with Crippen molar-refractivity contribution in [2.24, 2.45) is 5.92 Å². The molecule has 21 heavy (non-hydrogen) atoms.